The second-order valence-corrected chi connectivity index (χ2v) is 6.78. The van der Waals surface area contributed by atoms with Crippen molar-refractivity contribution in [3.05, 3.63) is 23.8 Å². The summed E-state index contributed by atoms with van der Waals surface area (Å²) < 4.78 is 25.9. The van der Waals surface area contributed by atoms with Crippen LogP contribution in [0.15, 0.2) is 18.2 Å². The quantitative estimate of drug-likeness (QED) is 0.504. The van der Waals surface area contributed by atoms with Gasteiger partial charge in [-0.3, -0.25) is 9.69 Å². The second kappa shape index (κ2) is 9.61. The molecule has 0 aromatic heterocycles. The van der Waals surface area contributed by atoms with Crippen LogP contribution >= 0.6 is 0 Å². The molecule has 0 N–H and O–H groups in total. The first-order valence-electron chi connectivity index (χ1n) is 9.27. The molecule has 154 valence electrons. The summed E-state index contributed by atoms with van der Waals surface area (Å²) in [5.41, 5.74) is 1.02. The van der Waals surface area contributed by atoms with Crippen LogP contribution in [0.1, 0.15) is 12.5 Å². The minimum atomic E-state index is -0.549. The smallest absolute Gasteiger partial charge is 0.412 e. The van der Waals surface area contributed by atoms with Gasteiger partial charge >= 0.3 is 12.1 Å². The predicted octanol–water partition coefficient (Wildman–Crippen LogP) is 1.25. The number of carbonyl (C=O) groups excluding carboxylic acids is 2. The van der Waals surface area contributed by atoms with E-state index in [1.165, 1.54) is 4.90 Å². The molecule has 1 fully saturated rings. The van der Waals surface area contributed by atoms with Crippen molar-refractivity contribution in [1.82, 2.24) is 9.80 Å². The predicted molar refractivity (Wildman–Crippen MR) is 98.2 cm³/mol. The molecule has 1 saturated heterocycles. The van der Waals surface area contributed by atoms with Crippen molar-refractivity contribution >= 4 is 12.1 Å². The van der Waals surface area contributed by atoms with Crippen molar-refractivity contribution in [2.45, 2.75) is 19.4 Å². The lowest BCUT2D eigenvalue weighted by molar-refractivity contribution is -0.154. The van der Waals surface area contributed by atoms with Gasteiger partial charge in [0.25, 0.3) is 0 Å². The maximum Gasteiger partial charge on any atom is 0.412 e. The average Bonchev–Trinajstić information content (AvgIpc) is 3.15. The van der Waals surface area contributed by atoms with E-state index in [2.05, 4.69) is 0 Å². The van der Waals surface area contributed by atoms with Gasteiger partial charge in [0, 0.05) is 26.2 Å². The molecule has 1 atom stereocenters. The highest BCUT2D eigenvalue weighted by Crippen LogP contribution is 2.32. The van der Waals surface area contributed by atoms with Crippen molar-refractivity contribution in [2.75, 3.05) is 53.5 Å². The zero-order valence-corrected chi connectivity index (χ0v) is 16.2. The number of nitrogens with zero attached hydrogens (tertiary/aromatic N) is 2. The molecule has 2 heterocycles. The number of hydrogen-bond donors (Lipinski definition) is 0. The van der Waals surface area contributed by atoms with Crippen LogP contribution < -0.4 is 9.47 Å². The van der Waals surface area contributed by atoms with Gasteiger partial charge in [-0.25, -0.2) is 4.79 Å². The highest BCUT2D eigenvalue weighted by molar-refractivity contribution is 5.72. The molecule has 9 heteroatoms. The molecule has 2 aliphatic heterocycles. The number of rotatable bonds is 7. The molecule has 0 spiro atoms. The van der Waals surface area contributed by atoms with Gasteiger partial charge in [0.15, 0.2) is 11.5 Å². The summed E-state index contributed by atoms with van der Waals surface area (Å²) in [6.07, 6.45) is 0.0754. The number of fused-ring (bicyclic) bond motifs is 1. The van der Waals surface area contributed by atoms with Crippen LogP contribution in [0.5, 0.6) is 11.5 Å². The standard InChI is InChI=1S/C19H26N2O7/c1-14(9-15-3-4-16-17(10-15)26-12-25-16)20(2)19(23)28-13-27-18(22)11-21-5-7-24-8-6-21/h3-4,10,14H,5-9,11-13H2,1-2H3. The Kier molecular flexibility index (Phi) is 6.94. The van der Waals surface area contributed by atoms with E-state index in [4.69, 9.17) is 23.7 Å². The third-order valence-electron chi connectivity index (χ3n) is 4.78. The number of benzene rings is 1. The highest BCUT2D eigenvalue weighted by Gasteiger charge is 2.20. The van der Waals surface area contributed by atoms with E-state index >= 15 is 0 Å². The third kappa shape index (κ3) is 5.49. The molecular weight excluding hydrogens is 368 g/mol. The van der Waals surface area contributed by atoms with Gasteiger partial charge in [-0.1, -0.05) is 6.07 Å². The normalized spacial score (nSPS) is 17.1. The summed E-state index contributed by atoms with van der Waals surface area (Å²) >= 11 is 0. The number of hydrogen-bond acceptors (Lipinski definition) is 8. The van der Waals surface area contributed by atoms with E-state index in [9.17, 15) is 9.59 Å². The van der Waals surface area contributed by atoms with Crippen molar-refractivity contribution in [3.8, 4) is 11.5 Å². The second-order valence-electron chi connectivity index (χ2n) is 6.78. The molecule has 1 aromatic rings. The third-order valence-corrected chi connectivity index (χ3v) is 4.78. The van der Waals surface area contributed by atoms with Crippen LogP contribution in [0.4, 0.5) is 4.79 Å². The molecule has 0 radical (unpaired) electrons. The van der Waals surface area contributed by atoms with E-state index in [-0.39, 0.29) is 19.4 Å². The fraction of sp³-hybridized carbons (Fsp3) is 0.579. The number of likely N-dealkylation sites (N-methyl/N-ethyl adjacent to an activating group) is 1. The van der Waals surface area contributed by atoms with Crippen LogP contribution in [0.3, 0.4) is 0 Å². The maximum absolute atomic E-state index is 12.2. The van der Waals surface area contributed by atoms with Crippen LogP contribution in [0.25, 0.3) is 0 Å². The van der Waals surface area contributed by atoms with Crippen molar-refractivity contribution < 1.29 is 33.3 Å². The van der Waals surface area contributed by atoms with E-state index in [0.717, 1.165) is 11.3 Å². The number of carbonyl (C=O) groups is 2. The molecule has 1 unspecified atom stereocenters. The fourth-order valence-corrected chi connectivity index (χ4v) is 2.96. The van der Waals surface area contributed by atoms with Gasteiger partial charge in [-0.15, -0.1) is 0 Å². The van der Waals surface area contributed by atoms with Crippen LogP contribution in [-0.4, -0.2) is 81.4 Å². The molecule has 9 nitrogen and oxygen atoms in total. The van der Waals surface area contributed by atoms with Gasteiger partial charge in [0.2, 0.25) is 13.6 Å². The van der Waals surface area contributed by atoms with Crippen molar-refractivity contribution in [2.24, 2.45) is 0 Å². The van der Waals surface area contributed by atoms with E-state index < -0.39 is 18.9 Å². The van der Waals surface area contributed by atoms with Crippen LogP contribution in [-0.2, 0) is 25.4 Å². The first-order valence-corrected chi connectivity index (χ1v) is 9.27. The monoisotopic (exact) mass is 394 g/mol. The number of esters is 1. The Morgan fingerprint density at radius 1 is 1.18 bits per heavy atom. The molecule has 0 saturated carbocycles. The number of ether oxygens (including phenoxy) is 5. The Hall–Kier alpha value is -2.52. The fourth-order valence-electron chi connectivity index (χ4n) is 2.96. The van der Waals surface area contributed by atoms with Crippen molar-refractivity contribution in [3.63, 3.8) is 0 Å². The Morgan fingerprint density at radius 3 is 2.71 bits per heavy atom. The zero-order chi connectivity index (χ0) is 19.9. The summed E-state index contributed by atoms with van der Waals surface area (Å²) in [6, 6.07) is 5.59. The Morgan fingerprint density at radius 2 is 1.93 bits per heavy atom. The summed E-state index contributed by atoms with van der Waals surface area (Å²) in [4.78, 5) is 27.4. The van der Waals surface area contributed by atoms with E-state index in [1.54, 1.807) is 7.05 Å². The summed E-state index contributed by atoms with van der Waals surface area (Å²) in [5.74, 6) is 1.01. The molecule has 0 aliphatic carbocycles. The molecule has 2 aliphatic rings. The van der Waals surface area contributed by atoms with Crippen molar-refractivity contribution in [1.29, 1.82) is 0 Å². The highest BCUT2D eigenvalue weighted by atomic mass is 16.7. The Labute approximate surface area is 164 Å². The molecular formula is C19H26N2O7. The summed E-state index contributed by atoms with van der Waals surface area (Å²) in [5, 5.41) is 0. The minimum absolute atomic E-state index is 0.114. The number of amides is 1. The Bertz CT molecular complexity index is 691. The van der Waals surface area contributed by atoms with E-state index in [0.29, 0.717) is 38.5 Å². The van der Waals surface area contributed by atoms with Gasteiger partial charge < -0.3 is 28.6 Å². The zero-order valence-electron chi connectivity index (χ0n) is 16.2. The average molecular weight is 394 g/mol. The van der Waals surface area contributed by atoms with Crippen LogP contribution in [0.2, 0.25) is 0 Å². The Balaban J connectivity index is 1.38. The summed E-state index contributed by atoms with van der Waals surface area (Å²) in [6.45, 7) is 4.49. The lowest BCUT2D eigenvalue weighted by atomic mass is 10.1. The van der Waals surface area contributed by atoms with Crippen LogP contribution in [0, 0.1) is 0 Å². The molecule has 0 bridgehead atoms. The molecule has 3 rings (SSSR count). The van der Waals surface area contributed by atoms with Gasteiger partial charge in [0.1, 0.15) is 0 Å². The van der Waals surface area contributed by atoms with E-state index in [1.807, 2.05) is 30.0 Å². The maximum atomic E-state index is 12.2. The minimum Gasteiger partial charge on any atom is -0.454 e. The molecule has 1 amide bonds. The molecule has 28 heavy (non-hydrogen) atoms. The van der Waals surface area contributed by atoms with Gasteiger partial charge in [0.05, 0.1) is 19.8 Å². The lowest BCUT2D eigenvalue weighted by Gasteiger charge is -2.26. The number of morpholine rings is 1. The lowest BCUT2D eigenvalue weighted by Crippen LogP contribution is -2.40. The SMILES string of the molecule is CC(Cc1ccc2c(c1)OCO2)N(C)C(=O)OCOC(=O)CN1CCOCC1. The first kappa shape index (κ1) is 20.2. The van der Waals surface area contributed by atoms with Gasteiger partial charge in [-0.2, -0.15) is 0 Å². The largest absolute Gasteiger partial charge is 0.454 e. The summed E-state index contributed by atoms with van der Waals surface area (Å²) in [7, 11) is 1.65. The molecule has 1 aromatic carbocycles. The first-order chi connectivity index (χ1) is 13.5. The topological polar surface area (TPSA) is 86.8 Å². The van der Waals surface area contributed by atoms with Gasteiger partial charge in [-0.05, 0) is 31.0 Å².